The minimum Gasteiger partial charge on any atom is -0.309 e. The second-order valence-electron chi connectivity index (χ2n) is 3.10. The van der Waals surface area contributed by atoms with E-state index in [0.29, 0.717) is 0 Å². The lowest BCUT2D eigenvalue weighted by atomic mass is 10.1. The third-order valence-corrected chi connectivity index (χ3v) is 1.68. The summed E-state index contributed by atoms with van der Waals surface area (Å²) in [5.41, 5.74) is 1.03. The van der Waals surface area contributed by atoms with Gasteiger partial charge in [-0.05, 0) is 32.1 Å². The van der Waals surface area contributed by atoms with Crippen LogP contribution in [0.4, 0.5) is 4.39 Å². The average Bonchev–Trinajstić information content (AvgIpc) is 2.01. The van der Waals surface area contributed by atoms with Gasteiger partial charge in [0, 0.05) is 12.6 Å². The number of likely N-dealkylation sites (N-methyl/N-ethyl adjacent to an activating group) is 1. The van der Waals surface area contributed by atoms with Crippen molar-refractivity contribution in [2.75, 3.05) is 20.6 Å². The van der Waals surface area contributed by atoms with Gasteiger partial charge in [0.2, 0.25) is 0 Å². The van der Waals surface area contributed by atoms with E-state index in [1.54, 1.807) is 6.07 Å². The van der Waals surface area contributed by atoms with Crippen molar-refractivity contribution < 1.29 is 4.39 Å². The fourth-order valence-corrected chi connectivity index (χ4v) is 0.989. The lowest BCUT2D eigenvalue weighted by Gasteiger charge is -2.08. The Morgan fingerprint density at radius 3 is 2.83 bits per heavy atom. The molecule has 0 aliphatic carbocycles. The maximum absolute atomic E-state index is 12.6. The fraction of sp³-hybridized carbons (Fsp3) is 0.400. The summed E-state index contributed by atoms with van der Waals surface area (Å²) in [6.07, 6.45) is 0.888. The van der Waals surface area contributed by atoms with Gasteiger partial charge in [-0.15, -0.1) is 0 Å². The maximum Gasteiger partial charge on any atom is 0.131 e. The summed E-state index contributed by atoms with van der Waals surface area (Å²) >= 11 is 0. The molecule has 0 saturated heterocycles. The van der Waals surface area contributed by atoms with Crippen LogP contribution in [0.3, 0.4) is 0 Å². The van der Waals surface area contributed by atoms with Gasteiger partial charge < -0.3 is 4.90 Å². The van der Waals surface area contributed by atoms with Crippen molar-refractivity contribution in [3.8, 4) is 0 Å². The Morgan fingerprint density at radius 1 is 1.50 bits per heavy atom. The van der Waals surface area contributed by atoms with E-state index in [2.05, 4.69) is 11.0 Å². The van der Waals surface area contributed by atoms with Crippen LogP contribution < -0.4 is 0 Å². The quantitative estimate of drug-likeness (QED) is 0.661. The first-order valence-electron chi connectivity index (χ1n) is 3.99. The normalized spacial score (nSPS) is 10.7. The van der Waals surface area contributed by atoms with Crippen molar-refractivity contribution in [3.05, 3.63) is 35.6 Å². The van der Waals surface area contributed by atoms with Gasteiger partial charge in [0.1, 0.15) is 5.82 Å². The summed E-state index contributed by atoms with van der Waals surface area (Å²) in [6, 6.07) is 7.53. The first kappa shape index (κ1) is 9.20. The van der Waals surface area contributed by atoms with Gasteiger partial charge >= 0.3 is 0 Å². The van der Waals surface area contributed by atoms with Crippen molar-refractivity contribution in [1.82, 2.24) is 4.90 Å². The Kier molecular flexibility index (Phi) is 3.23. The zero-order valence-electron chi connectivity index (χ0n) is 7.47. The van der Waals surface area contributed by atoms with Crippen LogP contribution in [0.5, 0.6) is 0 Å². The summed E-state index contributed by atoms with van der Waals surface area (Å²) in [6.45, 7) is 0.948. The summed E-state index contributed by atoms with van der Waals surface area (Å²) in [5, 5.41) is 0. The third-order valence-electron chi connectivity index (χ3n) is 1.68. The molecule has 0 N–H and O–H groups in total. The number of hydrogen-bond acceptors (Lipinski definition) is 1. The molecule has 1 aromatic carbocycles. The van der Waals surface area contributed by atoms with Gasteiger partial charge in [0.05, 0.1) is 0 Å². The van der Waals surface area contributed by atoms with Crippen molar-refractivity contribution >= 4 is 0 Å². The highest BCUT2D eigenvalue weighted by Crippen LogP contribution is 2.03. The maximum atomic E-state index is 12.6. The molecule has 2 heteroatoms. The number of nitrogens with zero attached hydrogens (tertiary/aromatic N) is 1. The molecule has 0 aromatic heterocycles. The highest BCUT2D eigenvalue weighted by molar-refractivity contribution is 5.15. The van der Waals surface area contributed by atoms with Gasteiger partial charge in [-0.25, -0.2) is 4.39 Å². The predicted molar refractivity (Wildman–Crippen MR) is 47.5 cm³/mol. The topological polar surface area (TPSA) is 3.24 Å². The van der Waals surface area contributed by atoms with E-state index in [-0.39, 0.29) is 5.82 Å². The summed E-state index contributed by atoms with van der Waals surface area (Å²) in [7, 11) is 4.01. The van der Waals surface area contributed by atoms with Crippen LogP contribution in [0.15, 0.2) is 18.2 Å². The molecule has 0 saturated carbocycles. The molecule has 0 spiro atoms. The van der Waals surface area contributed by atoms with Crippen LogP contribution in [-0.4, -0.2) is 25.5 Å². The zero-order chi connectivity index (χ0) is 8.97. The molecule has 12 heavy (non-hydrogen) atoms. The van der Waals surface area contributed by atoms with E-state index < -0.39 is 0 Å². The summed E-state index contributed by atoms with van der Waals surface area (Å²) in [5.74, 6) is -0.272. The van der Waals surface area contributed by atoms with Crippen LogP contribution in [-0.2, 0) is 6.42 Å². The Balaban J connectivity index is 2.52. The Bertz CT molecular complexity index is 245. The molecule has 1 aromatic rings. The summed E-state index contributed by atoms with van der Waals surface area (Å²) < 4.78 is 12.6. The SMILES string of the molecule is CN(C)CCc1cc[c]c(F)c1. The highest BCUT2D eigenvalue weighted by Gasteiger charge is 1.95. The van der Waals surface area contributed by atoms with E-state index >= 15 is 0 Å². The van der Waals surface area contributed by atoms with E-state index in [9.17, 15) is 4.39 Å². The lowest BCUT2D eigenvalue weighted by molar-refractivity contribution is 0.413. The average molecular weight is 166 g/mol. The molecule has 0 atom stereocenters. The lowest BCUT2D eigenvalue weighted by Crippen LogP contribution is -2.15. The van der Waals surface area contributed by atoms with Crippen LogP contribution in [0.2, 0.25) is 0 Å². The Hall–Kier alpha value is -0.890. The molecule has 0 unspecified atom stereocenters. The second-order valence-corrected chi connectivity index (χ2v) is 3.10. The van der Waals surface area contributed by atoms with Crippen molar-refractivity contribution in [3.63, 3.8) is 0 Å². The number of hydrogen-bond donors (Lipinski definition) is 0. The molecular weight excluding hydrogens is 153 g/mol. The highest BCUT2D eigenvalue weighted by atomic mass is 19.1. The monoisotopic (exact) mass is 166 g/mol. The molecular formula is C10H13FN. The minimum absolute atomic E-state index is 0.272. The van der Waals surface area contributed by atoms with Crippen LogP contribution in [0, 0.1) is 11.9 Å². The number of rotatable bonds is 3. The van der Waals surface area contributed by atoms with Gasteiger partial charge in [-0.3, -0.25) is 0 Å². The standard InChI is InChI=1S/C10H13FN/c1-12(2)7-6-9-4-3-5-10(11)8-9/h3-4,8H,6-7H2,1-2H3. The van der Waals surface area contributed by atoms with E-state index in [4.69, 9.17) is 0 Å². The molecule has 1 nitrogen and oxygen atoms in total. The molecule has 0 aliphatic rings. The first-order valence-corrected chi connectivity index (χ1v) is 3.99. The van der Waals surface area contributed by atoms with Crippen LogP contribution >= 0.6 is 0 Å². The van der Waals surface area contributed by atoms with Crippen LogP contribution in [0.1, 0.15) is 5.56 Å². The molecule has 1 radical (unpaired) electrons. The minimum atomic E-state index is -0.272. The number of halogens is 1. The fourth-order valence-electron chi connectivity index (χ4n) is 0.989. The number of benzene rings is 1. The second kappa shape index (κ2) is 4.21. The Labute approximate surface area is 72.8 Å². The van der Waals surface area contributed by atoms with Crippen LogP contribution in [0.25, 0.3) is 0 Å². The van der Waals surface area contributed by atoms with Crippen molar-refractivity contribution in [2.45, 2.75) is 6.42 Å². The molecule has 1 rings (SSSR count). The molecule has 0 heterocycles. The third kappa shape index (κ3) is 3.01. The predicted octanol–water partition coefficient (Wildman–Crippen LogP) is 1.73. The largest absolute Gasteiger partial charge is 0.309 e. The van der Waals surface area contributed by atoms with E-state index in [0.717, 1.165) is 18.5 Å². The molecule has 65 valence electrons. The molecule has 0 fully saturated rings. The summed E-state index contributed by atoms with van der Waals surface area (Å²) in [4.78, 5) is 2.08. The van der Waals surface area contributed by atoms with Gasteiger partial charge in [0.15, 0.2) is 0 Å². The first-order chi connectivity index (χ1) is 5.68. The van der Waals surface area contributed by atoms with Gasteiger partial charge in [-0.1, -0.05) is 12.1 Å². The van der Waals surface area contributed by atoms with E-state index in [1.165, 1.54) is 6.07 Å². The van der Waals surface area contributed by atoms with Crippen molar-refractivity contribution in [2.24, 2.45) is 0 Å². The molecule has 0 bridgehead atoms. The smallest absolute Gasteiger partial charge is 0.131 e. The van der Waals surface area contributed by atoms with Crippen molar-refractivity contribution in [1.29, 1.82) is 0 Å². The molecule has 0 amide bonds. The molecule has 0 aliphatic heterocycles. The zero-order valence-corrected chi connectivity index (χ0v) is 7.47. The van der Waals surface area contributed by atoms with E-state index in [1.807, 2.05) is 20.2 Å². The van der Waals surface area contributed by atoms with Gasteiger partial charge in [0.25, 0.3) is 0 Å². The van der Waals surface area contributed by atoms with Gasteiger partial charge in [-0.2, -0.15) is 0 Å². The Morgan fingerprint density at radius 2 is 2.25 bits per heavy atom.